The summed E-state index contributed by atoms with van der Waals surface area (Å²) in [6.07, 6.45) is 7.08. The minimum absolute atomic E-state index is 0.0291. The summed E-state index contributed by atoms with van der Waals surface area (Å²) >= 11 is 0. The number of hydrogen-bond acceptors (Lipinski definition) is 3. The summed E-state index contributed by atoms with van der Waals surface area (Å²) in [5.74, 6) is 0. The third-order valence-corrected chi connectivity index (χ3v) is 3.21. The standard InChI is InChI=1S/C12H22O3/c1-2-3-7-12(10-15-12)9-14-11-6-4-5-8-13-11/h11H,2-10H2,1H3. The van der Waals surface area contributed by atoms with Gasteiger partial charge in [0.25, 0.3) is 0 Å². The zero-order chi connectivity index (χ0) is 10.6. The maximum absolute atomic E-state index is 5.76. The third kappa shape index (κ3) is 3.44. The Kier molecular flexibility index (Phi) is 4.00. The van der Waals surface area contributed by atoms with Crippen molar-refractivity contribution < 1.29 is 14.2 Å². The summed E-state index contributed by atoms with van der Waals surface area (Å²) in [6, 6.07) is 0. The molecule has 0 aromatic carbocycles. The van der Waals surface area contributed by atoms with Crippen LogP contribution in [-0.2, 0) is 14.2 Å². The number of rotatable bonds is 6. The second-order valence-corrected chi connectivity index (χ2v) is 4.68. The fourth-order valence-electron chi connectivity index (χ4n) is 1.99. The van der Waals surface area contributed by atoms with Crippen LogP contribution in [0.25, 0.3) is 0 Å². The lowest BCUT2D eigenvalue weighted by Gasteiger charge is -2.24. The second-order valence-electron chi connectivity index (χ2n) is 4.68. The summed E-state index contributed by atoms with van der Waals surface area (Å²) in [5.41, 5.74) is 0.0524. The highest BCUT2D eigenvalue weighted by Crippen LogP contribution is 2.33. The molecule has 15 heavy (non-hydrogen) atoms. The van der Waals surface area contributed by atoms with Crippen molar-refractivity contribution >= 4 is 0 Å². The van der Waals surface area contributed by atoms with Gasteiger partial charge in [-0.15, -0.1) is 0 Å². The molecule has 0 saturated carbocycles. The van der Waals surface area contributed by atoms with Gasteiger partial charge in [0.15, 0.2) is 6.29 Å². The van der Waals surface area contributed by atoms with Crippen molar-refractivity contribution in [1.29, 1.82) is 0 Å². The van der Waals surface area contributed by atoms with Gasteiger partial charge in [0.1, 0.15) is 5.60 Å². The van der Waals surface area contributed by atoms with E-state index >= 15 is 0 Å². The number of hydrogen-bond donors (Lipinski definition) is 0. The van der Waals surface area contributed by atoms with Crippen molar-refractivity contribution in [2.45, 2.75) is 57.3 Å². The normalized spacial score (nSPS) is 35.4. The van der Waals surface area contributed by atoms with E-state index in [0.29, 0.717) is 0 Å². The lowest BCUT2D eigenvalue weighted by Crippen LogP contribution is -2.28. The van der Waals surface area contributed by atoms with Crippen LogP contribution in [0.5, 0.6) is 0 Å². The first-order valence-corrected chi connectivity index (χ1v) is 6.22. The summed E-state index contributed by atoms with van der Waals surface area (Å²) in [7, 11) is 0. The van der Waals surface area contributed by atoms with E-state index in [0.717, 1.165) is 32.7 Å². The molecule has 0 aliphatic carbocycles. The Balaban J connectivity index is 1.63. The van der Waals surface area contributed by atoms with Crippen LogP contribution in [0, 0.1) is 0 Å². The van der Waals surface area contributed by atoms with Crippen LogP contribution in [0.2, 0.25) is 0 Å². The summed E-state index contributed by atoms with van der Waals surface area (Å²) in [4.78, 5) is 0. The van der Waals surface area contributed by atoms with E-state index in [-0.39, 0.29) is 11.9 Å². The average Bonchev–Trinajstić information content (AvgIpc) is 3.06. The number of unbranched alkanes of at least 4 members (excludes halogenated alkanes) is 1. The molecule has 2 unspecified atom stereocenters. The Bertz CT molecular complexity index is 183. The van der Waals surface area contributed by atoms with Crippen LogP contribution in [-0.4, -0.2) is 31.7 Å². The molecule has 0 aromatic rings. The Morgan fingerprint density at radius 1 is 1.40 bits per heavy atom. The van der Waals surface area contributed by atoms with E-state index < -0.39 is 0 Å². The monoisotopic (exact) mass is 214 g/mol. The molecule has 2 aliphatic rings. The fraction of sp³-hybridized carbons (Fsp3) is 1.00. The van der Waals surface area contributed by atoms with Gasteiger partial charge in [-0.1, -0.05) is 19.8 Å². The fourth-order valence-corrected chi connectivity index (χ4v) is 1.99. The molecule has 3 nitrogen and oxygen atoms in total. The zero-order valence-electron chi connectivity index (χ0n) is 9.67. The first-order chi connectivity index (χ1) is 7.35. The van der Waals surface area contributed by atoms with Gasteiger partial charge in [-0.2, -0.15) is 0 Å². The predicted molar refractivity (Wildman–Crippen MR) is 57.8 cm³/mol. The molecule has 0 bridgehead atoms. The van der Waals surface area contributed by atoms with Gasteiger partial charge in [0.05, 0.1) is 13.2 Å². The SMILES string of the molecule is CCCCC1(COC2CCCCO2)CO1. The van der Waals surface area contributed by atoms with Gasteiger partial charge < -0.3 is 14.2 Å². The van der Waals surface area contributed by atoms with Gasteiger partial charge >= 0.3 is 0 Å². The molecule has 0 N–H and O–H groups in total. The van der Waals surface area contributed by atoms with E-state index in [2.05, 4.69) is 6.92 Å². The molecule has 2 fully saturated rings. The Morgan fingerprint density at radius 2 is 2.27 bits per heavy atom. The molecule has 88 valence electrons. The quantitative estimate of drug-likeness (QED) is 0.636. The van der Waals surface area contributed by atoms with Crippen LogP contribution in [0.15, 0.2) is 0 Å². The van der Waals surface area contributed by atoms with Gasteiger partial charge in [-0.3, -0.25) is 0 Å². The molecular formula is C12H22O3. The Hall–Kier alpha value is -0.120. The van der Waals surface area contributed by atoms with E-state index in [1.807, 2.05) is 0 Å². The van der Waals surface area contributed by atoms with Crippen LogP contribution in [0.4, 0.5) is 0 Å². The number of epoxide rings is 1. The van der Waals surface area contributed by atoms with E-state index in [1.165, 1.54) is 25.7 Å². The van der Waals surface area contributed by atoms with Crippen LogP contribution >= 0.6 is 0 Å². The molecule has 2 aliphatic heterocycles. The van der Waals surface area contributed by atoms with Crippen molar-refractivity contribution in [3.8, 4) is 0 Å². The van der Waals surface area contributed by atoms with Crippen LogP contribution < -0.4 is 0 Å². The molecule has 2 atom stereocenters. The summed E-state index contributed by atoms with van der Waals surface area (Å²) in [6.45, 7) is 4.66. The molecule has 0 spiro atoms. The molecule has 2 saturated heterocycles. The maximum atomic E-state index is 5.76. The molecule has 3 heteroatoms. The van der Waals surface area contributed by atoms with Crippen LogP contribution in [0.1, 0.15) is 45.4 Å². The molecule has 2 rings (SSSR count). The van der Waals surface area contributed by atoms with Crippen LogP contribution in [0.3, 0.4) is 0 Å². The molecule has 0 aromatic heterocycles. The summed E-state index contributed by atoms with van der Waals surface area (Å²) < 4.78 is 16.8. The van der Waals surface area contributed by atoms with E-state index in [4.69, 9.17) is 14.2 Å². The van der Waals surface area contributed by atoms with E-state index in [1.54, 1.807) is 0 Å². The zero-order valence-corrected chi connectivity index (χ0v) is 9.67. The maximum Gasteiger partial charge on any atom is 0.157 e. The minimum atomic E-state index is 0.0291. The highest BCUT2D eigenvalue weighted by Gasteiger charge is 2.44. The van der Waals surface area contributed by atoms with Gasteiger partial charge in [0, 0.05) is 6.61 Å². The van der Waals surface area contributed by atoms with Gasteiger partial charge in [-0.05, 0) is 25.7 Å². The van der Waals surface area contributed by atoms with Crippen molar-refractivity contribution in [3.05, 3.63) is 0 Å². The van der Waals surface area contributed by atoms with Crippen molar-refractivity contribution in [3.63, 3.8) is 0 Å². The largest absolute Gasteiger partial charge is 0.367 e. The van der Waals surface area contributed by atoms with E-state index in [9.17, 15) is 0 Å². The predicted octanol–water partition coefficient (Wildman–Crippen LogP) is 2.49. The smallest absolute Gasteiger partial charge is 0.157 e. The van der Waals surface area contributed by atoms with Gasteiger partial charge in [-0.25, -0.2) is 0 Å². The molecule has 0 radical (unpaired) electrons. The first-order valence-electron chi connectivity index (χ1n) is 6.22. The Morgan fingerprint density at radius 3 is 2.87 bits per heavy atom. The highest BCUT2D eigenvalue weighted by molar-refractivity contribution is 4.91. The molecular weight excluding hydrogens is 192 g/mol. The van der Waals surface area contributed by atoms with Crippen molar-refractivity contribution in [1.82, 2.24) is 0 Å². The molecule has 0 amide bonds. The van der Waals surface area contributed by atoms with Gasteiger partial charge in [0.2, 0.25) is 0 Å². The second kappa shape index (κ2) is 5.28. The highest BCUT2D eigenvalue weighted by atomic mass is 16.7. The average molecular weight is 214 g/mol. The Labute approximate surface area is 92.1 Å². The third-order valence-electron chi connectivity index (χ3n) is 3.21. The molecule has 2 heterocycles. The number of ether oxygens (including phenoxy) is 3. The summed E-state index contributed by atoms with van der Waals surface area (Å²) in [5, 5.41) is 0. The van der Waals surface area contributed by atoms with Crippen molar-refractivity contribution in [2.75, 3.05) is 19.8 Å². The lowest BCUT2D eigenvalue weighted by molar-refractivity contribution is -0.171. The first kappa shape index (κ1) is 11.4. The van der Waals surface area contributed by atoms with Crippen molar-refractivity contribution in [2.24, 2.45) is 0 Å². The topological polar surface area (TPSA) is 31.0 Å². The minimum Gasteiger partial charge on any atom is -0.367 e. The lowest BCUT2D eigenvalue weighted by atomic mass is 10.0.